The fourth-order valence-corrected chi connectivity index (χ4v) is 2.17. The highest BCUT2D eigenvalue weighted by molar-refractivity contribution is 7.85. The largest absolute Gasteiger partial charge is 0.464 e. The molecule has 22 heavy (non-hydrogen) atoms. The number of amides is 1. The van der Waals surface area contributed by atoms with Gasteiger partial charge in [0.25, 0.3) is 16.0 Å². The highest BCUT2D eigenvalue weighted by Gasteiger charge is 2.25. The Morgan fingerprint density at radius 2 is 2.00 bits per heavy atom. The third-order valence-corrected chi connectivity index (χ3v) is 3.41. The minimum Gasteiger partial charge on any atom is -0.464 e. The van der Waals surface area contributed by atoms with Gasteiger partial charge in [0.2, 0.25) is 0 Å². The molecule has 0 fully saturated rings. The van der Waals surface area contributed by atoms with Crippen LogP contribution >= 0.6 is 0 Å². The van der Waals surface area contributed by atoms with Gasteiger partial charge in [0.15, 0.2) is 0 Å². The van der Waals surface area contributed by atoms with Crippen LogP contribution < -0.4 is 5.32 Å². The molecule has 0 aliphatic heterocycles. The monoisotopic (exact) mass is 333 g/mol. The predicted molar refractivity (Wildman–Crippen MR) is 75.3 cm³/mol. The lowest BCUT2D eigenvalue weighted by atomic mass is 10.1. The standard InChI is InChI=1S/C13H16FNO6S/c1-2-21-13(17)11(7-8-22(18,19)20)15-12(16)9-5-3-4-6-10(9)14/h3-6,11H,2,7-8H2,1H3,(H,15,16)(H,18,19,20)/t11-/m0/s1. The van der Waals surface area contributed by atoms with Gasteiger partial charge in [-0.3, -0.25) is 9.35 Å². The number of ether oxygens (including phenoxy) is 1. The van der Waals surface area contributed by atoms with E-state index in [-0.39, 0.29) is 12.2 Å². The van der Waals surface area contributed by atoms with Crippen molar-refractivity contribution in [1.82, 2.24) is 5.32 Å². The first-order valence-corrected chi connectivity index (χ1v) is 8.02. The van der Waals surface area contributed by atoms with Crippen LogP contribution in [0.15, 0.2) is 24.3 Å². The van der Waals surface area contributed by atoms with E-state index in [9.17, 15) is 22.4 Å². The first kappa shape index (κ1) is 18.1. The third-order valence-electron chi connectivity index (χ3n) is 2.66. The Hall–Kier alpha value is -2.00. The lowest BCUT2D eigenvalue weighted by Gasteiger charge is -2.16. The third kappa shape index (κ3) is 5.78. The Morgan fingerprint density at radius 1 is 1.36 bits per heavy atom. The Labute approximate surface area is 127 Å². The van der Waals surface area contributed by atoms with Gasteiger partial charge in [-0.05, 0) is 25.5 Å². The molecule has 0 spiro atoms. The molecule has 1 amide bonds. The predicted octanol–water partition coefficient (Wildman–Crippen LogP) is 0.765. The van der Waals surface area contributed by atoms with Gasteiger partial charge in [-0.1, -0.05) is 12.1 Å². The first-order chi connectivity index (χ1) is 10.2. The van der Waals surface area contributed by atoms with Gasteiger partial charge >= 0.3 is 5.97 Å². The molecule has 0 aliphatic rings. The van der Waals surface area contributed by atoms with Crippen LogP contribution in [0, 0.1) is 5.82 Å². The molecule has 7 nitrogen and oxygen atoms in total. The van der Waals surface area contributed by atoms with Gasteiger partial charge in [0.1, 0.15) is 11.9 Å². The minimum absolute atomic E-state index is 0.0246. The van der Waals surface area contributed by atoms with E-state index in [4.69, 9.17) is 9.29 Å². The Balaban J connectivity index is 2.85. The molecule has 2 N–H and O–H groups in total. The molecular formula is C13H16FNO6S. The fourth-order valence-electron chi connectivity index (χ4n) is 1.64. The molecule has 1 aromatic carbocycles. The van der Waals surface area contributed by atoms with E-state index in [0.29, 0.717) is 0 Å². The summed E-state index contributed by atoms with van der Waals surface area (Å²) in [5.41, 5.74) is -0.288. The molecule has 0 aliphatic carbocycles. The zero-order valence-electron chi connectivity index (χ0n) is 11.8. The number of benzene rings is 1. The molecule has 9 heteroatoms. The van der Waals surface area contributed by atoms with Crippen LogP contribution in [-0.4, -0.2) is 43.2 Å². The molecule has 0 radical (unpaired) electrons. The van der Waals surface area contributed by atoms with E-state index in [1.807, 2.05) is 0 Å². The van der Waals surface area contributed by atoms with Crippen LogP contribution in [0.5, 0.6) is 0 Å². The van der Waals surface area contributed by atoms with Gasteiger partial charge in [-0.2, -0.15) is 8.42 Å². The summed E-state index contributed by atoms with van der Waals surface area (Å²) in [7, 11) is -4.31. The summed E-state index contributed by atoms with van der Waals surface area (Å²) in [5, 5.41) is 2.20. The summed E-state index contributed by atoms with van der Waals surface area (Å²) in [6.07, 6.45) is -0.391. The van der Waals surface area contributed by atoms with E-state index >= 15 is 0 Å². The number of nitrogens with one attached hydrogen (secondary N) is 1. The van der Waals surface area contributed by atoms with Gasteiger partial charge in [-0.15, -0.1) is 0 Å². The molecule has 1 rings (SSSR count). The van der Waals surface area contributed by atoms with Gasteiger partial charge in [0.05, 0.1) is 17.9 Å². The van der Waals surface area contributed by atoms with Crippen molar-refractivity contribution in [1.29, 1.82) is 0 Å². The van der Waals surface area contributed by atoms with E-state index in [1.165, 1.54) is 25.1 Å². The topological polar surface area (TPSA) is 110 Å². The highest BCUT2D eigenvalue weighted by atomic mass is 32.2. The van der Waals surface area contributed by atoms with Crippen LogP contribution in [0.2, 0.25) is 0 Å². The molecule has 0 unspecified atom stereocenters. The second-order valence-electron chi connectivity index (χ2n) is 4.33. The highest BCUT2D eigenvalue weighted by Crippen LogP contribution is 2.08. The minimum atomic E-state index is -4.31. The number of rotatable bonds is 7. The summed E-state index contributed by atoms with van der Waals surface area (Å²) in [5.74, 6) is -3.27. The van der Waals surface area contributed by atoms with Crippen molar-refractivity contribution in [3.63, 3.8) is 0 Å². The summed E-state index contributed by atoms with van der Waals surface area (Å²) in [6, 6.07) is 3.82. The summed E-state index contributed by atoms with van der Waals surface area (Å²) in [4.78, 5) is 23.6. The van der Waals surface area contributed by atoms with E-state index in [2.05, 4.69) is 5.32 Å². The van der Waals surface area contributed by atoms with Gasteiger partial charge in [0, 0.05) is 0 Å². The van der Waals surface area contributed by atoms with Crippen molar-refractivity contribution < 1.29 is 31.7 Å². The van der Waals surface area contributed by atoms with Crippen LogP contribution in [-0.2, 0) is 19.6 Å². The SMILES string of the molecule is CCOC(=O)[C@H](CCS(=O)(=O)O)NC(=O)c1ccccc1F. The molecule has 1 atom stereocenters. The fraction of sp³-hybridized carbons (Fsp3) is 0.385. The summed E-state index contributed by atoms with van der Waals surface area (Å²) >= 11 is 0. The molecule has 0 bridgehead atoms. The number of halogens is 1. The summed E-state index contributed by atoms with van der Waals surface area (Å²) in [6.45, 7) is 1.56. The van der Waals surface area contributed by atoms with Gasteiger partial charge in [-0.25, -0.2) is 9.18 Å². The Morgan fingerprint density at radius 3 is 2.55 bits per heavy atom. The maximum atomic E-state index is 13.5. The van der Waals surface area contributed by atoms with Crippen molar-refractivity contribution in [3.05, 3.63) is 35.6 Å². The lowest BCUT2D eigenvalue weighted by Crippen LogP contribution is -2.43. The van der Waals surface area contributed by atoms with Crippen LogP contribution in [0.4, 0.5) is 4.39 Å². The Kier molecular flexibility index (Phi) is 6.44. The average Bonchev–Trinajstić information content (AvgIpc) is 2.42. The maximum absolute atomic E-state index is 13.5. The van der Waals surface area contributed by atoms with E-state index < -0.39 is 46.0 Å². The first-order valence-electron chi connectivity index (χ1n) is 6.41. The number of carbonyl (C=O) groups is 2. The zero-order chi connectivity index (χ0) is 16.8. The van der Waals surface area contributed by atoms with Crippen molar-refractivity contribution >= 4 is 22.0 Å². The van der Waals surface area contributed by atoms with Crippen molar-refractivity contribution in [2.45, 2.75) is 19.4 Å². The van der Waals surface area contributed by atoms with Gasteiger partial charge < -0.3 is 10.1 Å². The number of carbonyl (C=O) groups excluding carboxylic acids is 2. The molecule has 0 saturated carbocycles. The molecular weight excluding hydrogens is 317 g/mol. The molecule has 0 saturated heterocycles. The second kappa shape index (κ2) is 7.85. The quantitative estimate of drug-likeness (QED) is 0.563. The van der Waals surface area contributed by atoms with Crippen LogP contribution in [0.1, 0.15) is 23.7 Å². The second-order valence-corrected chi connectivity index (χ2v) is 5.90. The average molecular weight is 333 g/mol. The molecule has 1 aromatic rings. The number of hydrogen-bond donors (Lipinski definition) is 2. The lowest BCUT2D eigenvalue weighted by molar-refractivity contribution is -0.145. The molecule has 122 valence electrons. The van der Waals surface area contributed by atoms with Crippen molar-refractivity contribution in [3.8, 4) is 0 Å². The normalized spacial score (nSPS) is 12.5. The summed E-state index contributed by atoms with van der Waals surface area (Å²) < 4.78 is 48.4. The van der Waals surface area contributed by atoms with Crippen LogP contribution in [0.3, 0.4) is 0 Å². The van der Waals surface area contributed by atoms with Crippen molar-refractivity contribution in [2.75, 3.05) is 12.4 Å². The molecule has 0 aromatic heterocycles. The zero-order valence-corrected chi connectivity index (χ0v) is 12.6. The maximum Gasteiger partial charge on any atom is 0.328 e. The van der Waals surface area contributed by atoms with E-state index in [1.54, 1.807) is 0 Å². The number of esters is 1. The van der Waals surface area contributed by atoms with Crippen molar-refractivity contribution in [2.24, 2.45) is 0 Å². The van der Waals surface area contributed by atoms with E-state index in [0.717, 1.165) is 6.07 Å². The van der Waals surface area contributed by atoms with Crippen LogP contribution in [0.25, 0.3) is 0 Å². The smallest absolute Gasteiger partial charge is 0.328 e. The Bertz CT molecular complexity index is 646. The number of hydrogen-bond acceptors (Lipinski definition) is 5. The molecule has 0 heterocycles.